The molecule has 18 heavy (non-hydrogen) atoms. The molecule has 0 radical (unpaired) electrons. The molecule has 98 valence electrons. The fourth-order valence-electron chi connectivity index (χ4n) is 1.37. The van der Waals surface area contributed by atoms with Crippen LogP contribution < -0.4 is 22.3 Å². The SMILES string of the molecule is O=c1[nH]c2[nH]c(=O)n(CNC(O)(O)O)c(=O)c2[nH]1. The predicted octanol–water partition coefficient (Wildman–Crippen LogP) is -4.16. The van der Waals surface area contributed by atoms with Gasteiger partial charge in [-0.1, -0.05) is 0 Å². The molecule has 0 aromatic carbocycles. The number of nitrogens with one attached hydrogen (secondary N) is 4. The topological polar surface area (TPSA) is 176 Å². The van der Waals surface area contributed by atoms with Crippen LogP contribution >= 0.6 is 0 Å². The molecule has 0 amide bonds. The van der Waals surface area contributed by atoms with Crippen LogP contribution in [0.15, 0.2) is 14.4 Å². The highest BCUT2D eigenvalue weighted by molar-refractivity contribution is 5.67. The summed E-state index contributed by atoms with van der Waals surface area (Å²) >= 11 is 0. The highest BCUT2D eigenvalue weighted by Crippen LogP contribution is 1.92. The van der Waals surface area contributed by atoms with Gasteiger partial charge in [0.15, 0.2) is 5.52 Å². The minimum atomic E-state index is -3.23. The molecule has 0 aliphatic heterocycles. The van der Waals surface area contributed by atoms with Crippen LogP contribution in [0, 0.1) is 0 Å². The largest absolute Gasteiger partial charge is 0.344 e. The molecule has 2 aromatic heterocycles. The molecule has 0 atom stereocenters. The fourth-order valence-corrected chi connectivity index (χ4v) is 1.37. The zero-order valence-electron chi connectivity index (χ0n) is 8.72. The van der Waals surface area contributed by atoms with E-state index in [0.29, 0.717) is 4.57 Å². The van der Waals surface area contributed by atoms with E-state index in [2.05, 4.69) is 15.0 Å². The number of aromatic amines is 3. The van der Waals surface area contributed by atoms with Gasteiger partial charge in [-0.15, -0.1) is 0 Å². The summed E-state index contributed by atoms with van der Waals surface area (Å²) in [6.45, 7) is -0.680. The second kappa shape index (κ2) is 3.92. The van der Waals surface area contributed by atoms with Crippen LogP contribution in [0.2, 0.25) is 0 Å². The molecule has 2 aromatic rings. The summed E-state index contributed by atoms with van der Waals surface area (Å²) in [6, 6.07) is 0. The Hall–Kier alpha value is -2.21. The van der Waals surface area contributed by atoms with Crippen molar-refractivity contribution in [3.63, 3.8) is 0 Å². The molecule has 0 fully saturated rings. The van der Waals surface area contributed by atoms with Gasteiger partial charge in [-0.2, -0.15) is 0 Å². The van der Waals surface area contributed by atoms with Gasteiger partial charge >= 0.3 is 17.5 Å². The molecule has 11 nitrogen and oxygen atoms in total. The molecule has 0 bridgehead atoms. The van der Waals surface area contributed by atoms with Crippen LogP contribution in [-0.2, 0) is 6.67 Å². The van der Waals surface area contributed by atoms with E-state index in [4.69, 9.17) is 15.3 Å². The molecule has 2 rings (SSSR count). The smallest absolute Gasteiger partial charge is 0.330 e. The van der Waals surface area contributed by atoms with Crippen LogP contribution in [-0.4, -0.2) is 40.9 Å². The number of H-pyrrole nitrogens is 3. The predicted molar refractivity (Wildman–Crippen MR) is 56.3 cm³/mol. The minimum Gasteiger partial charge on any atom is -0.330 e. The Balaban J connectivity index is 2.54. The van der Waals surface area contributed by atoms with Crippen LogP contribution in [0.5, 0.6) is 0 Å². The number of nitrogens with zero attached hydrogens (tertiary/aromatic N) is 1. The molecule has 11 heteroatoms. The minimum absolute atomic E-state index is 0.0745. The van der Waals surface area contributed by atoms with Crippen molar-refractivity contribution in [3.05, 3.63) is 31.3 Å². The lowest BCUT2D eigenvalue weighted by atomic mass is 10.5. The molecular formula is C7H9N5O6. The first-order valence-electron chi connectivity index (χ1n) is 4.65. The number of hydrogen-bond donors (Lipinski definition) is 7. The maximum absolute atomic E-state index is 11.7. The van der Waals surface area contributed by atoms with Crippen molar-refractivity contribution in [2.24, 2.45) is 0 Å². The monoisotopic (exact) mass is 259 g/mol. The summed E-state index contributed by atoms with van der Waals surface area (Å²) < 4.78 is 0.517. The van der Waals surface area contributed by atoms with Gasteiger partial charge in [0.25, 0.3) is 5.56 Å². The van der Waals surface area contributed by atoms with Crippen molar-refractivity contribution >= 4 is 11.2 Å². The lowest BCUT2D eigenvalue weighted by molar-refractivity contribution is -0.334. The molecule has 0 aliphatic carbocycles. The lowest BCUT2D eigenvalue weighted by Crippen LogP contribution is -2.49. The second-order valence-corrected chi connectivity index (χ2v) is 3.46. The summed E-state index contributed by atoms with van der Waals surface area (Å²) in [5.74, 6) is 0. The average Bonchev–Trinajstić information content (AvgIpc) is 2.57. The summed E-state index contributed by atoms with van der Waals surface area (Å²) in [4.78, 5) is 40.7. The van der Waals surface area contributed by atoms with Gasteiger partial charge in [0.2, 0.25) is 0 Å². The summed E-state index contributed by atoms with van der Waals surface area (Å²) in [7, 11) is 0. The van der Waals surface area contributed by atoms with Gasteiger partial charge in [0.1, 0.15) is 5.65 Å². The highest BCUT2D eigenvalue weighted by Gasteiger charge is 2.18. The molecular weight excluding hydrogens is 250 g/mol. The Morgan fingerprint density at radius 3 is 2.39 bits per heavy atom. The van der Waals surface area contributed by atoms with Crippen molar-refractivity contribution in [2.45, 2.75) is 12.8 Å². The van der Waals surface area contributed by atoms with Gasteiger partial charge < -0.3 is 15.3 Å². The number of aromatic nitrogens is 4. The Labute approximate surface area is 96.3 Å². The quantitative estimate of drug-likeness (QED) is 0.273. The van der Waals surface area contributed by atoms with E-state index in [-0.39, 0.29) is 11.2 Å². The summed E-state index contributed by atoms with van der Waals surface area (Å²) in [5.41, 5.74) is -2.71. The Morgan fingerprint density at radius 2 is 1.78 bits per heavy atom. The van der Waals surface area contributed by atoms with E-state index in [1.165, 1.54) is 0 Å². The highest BCUT2D eigenvalue weighted by atomic mass is 16.7. The summed E-state index contributed by atoms with van der Waals surface area (Å²) in [6.07, 6.45) is -3.23. The van der Waals surface area contributed by atoms with E-state index < -0.39 is 29.7 Å². The molecule has 0 spiro atoms. The Bertz CT molecular complexity index is 742. The molecule has 0 unspecified atom stereocenters. The zero-order valence-corrected chi connectivity index (χ0v) is 8.72. The van der Waals surface area contributed by atoms with Crippen molar-refractivity contribution in [1.29, 1.82) is 0 Å². The third-order valence-corrected chi connectivity index (χ3v) is 2.14. The maximum atomic E-state index is 11.7. The molecule has 0 aliphatic rings. The molecule has 7 N–H and O–H groups in total. The number of rotatable bonds is 3. The van der Waals surface area contributed by atoms with Crippen molar-refractivity contribution in [1.82, 2.24) is 24.8 Å². The first-order valence-corrected chi connectivity index (χ1v) is 4.65. The Kier molecular flexibility index (Phi) is 2.67. The first-order chi connectivity index (χ1) is 8.28. The molecule has 0 saturated heterocycles. The van der Waals surface area contributed by atoms with Crippen LogP contribution in [0.4, 0.5) is 0 Å². The average molecular weight is 259 g/mol. The number of fused-ring (bicyclic) bond motifs is 1. The van der Waals surface area contributed by atoms with Gasteiger partial charge in [0, 0.05) is 0 Å². The van der Waals surface area contributed by atoms with Crippen LogP contribution in [0.1, 0.15) is 0 Å². The van der Waals surface area contributed by atoms with E-state index in [1.807, 2.05) is 0 Å². The summed E-state index contributed by atoms with van der Waals surface area (Å²) in [5, 5.41) is 27.5. The van der Waals surface area contributed by atoms with Gasteiger partial charge in [0.05, 0.1) is 6.67 Å². The molecule has 2 heterocycles. The van der Waals surface area contributed by atoms with E-state index in [0.717, 1.165) is 0 Å². The van der Waals surface area contributed by atoms with Crippen molar-refractivity contribution in [2.75, 3.05) is 0 Å². The van der Waals surface area contributed by atoms with Crippen LogP contribution in [0.25, 0.3) is 11.2 Å². The van der Waals surface area contributed by atoms with Gasteiger partial charge in [-0.05, 0) is 0 Å². The van der Waals surface area contributed by atoms with Crippen LogP contribution in [0.3, 0.4) is 0 Å². The normalized spacial score (nSPS) is 12.2. The van der Waals surface area contributed by atoms with E-state index >= 15 is 0 Å². The fraction of sp³-hybridized carbons (Fsp3) is 0.286. The third-order valence-electron chi connectivity index (χ3n) is 2.14. The number of imidazole rings is 1. The second-order valence-electron chi connectivity index (χ2n) is 3.46. The van der Waals surface area contributed by atoms with Crippen molar-refractivity contribution in [3.8, 4) is 0 Å². The molecule has 0 saturated carbocycles. The Morgan fingerprint density at radius 1 is 1.11 bits per heavy atom. The van der Waals surface area contributed by atoms with Gasteiger partial charge in [-0.25, -0.2) is 19.5 Å². The van der Waals surface area contributed by atoms with E-state index in [9.17, 15) is 14.4 Å². The third kappa shape index (κ3) is 2.23. The first kappa shape index (κ1) is 12.3. The maximum Gasteiger partial charge on any atom is 0.344 e. The lowest BCUT2D eigenvalue weighted by Gasteiger charge is -2.15. The van der Waals surface area contributed by atoms with Crippen molar-refractivity contribution < 1.29 is 15.3 Å². The number of hydrogen-bond acceptors (Lipinski definition) is 7. The van der Waals surface area contributed by atoms with E-state index in [1.54, 1.807) is 5.32 Å². The zero-order chi connectivity index (χ0) is 13.5. The standard InChI is InChI=1S/C7H9N5O6/c13-4-2-3(10-5(14)9-2)11-6(15)12(4)1-8-7(16,17)18/h8,16-18H,1H2,(H,11,15)(H2,9,10,14). The number of aliphatic hydroxyl groups is 3. The van der Waals surface area contributed by atoms with Gasteiger partial charge in [-0.3, -0.25) is 19.7 Å².